The number of carbonyl (C=O) groups is 1. The highest BCUT2D eigenvalue weighted by molar-refractivity contribution is 6.04. The number of pyridine rings is 2. The lowest BCUT2D eigenvalue weighted by molar-refractivity contribution is 0.102. The highest BCUT2D eigenvalue weighted by atomic mass is 16.5. The molecule has 3 heterocycles. The van der Waals surface area contributed by atoms with Gasteiger partial charge < -0.3 is 25.4 Å². The van der Waals surface area contributed by atoms with Crippen LogP contribution in [0.15, 0.2) is 54.9 Å². The van der Waals surface area contributed by atoms with Gasteiger partial charge in [-0.25, -0.2) is 9.97 Å². The van der Waals surface area contributed by atoms with E-state index >= 15 is 0 Å². The minimum atomic E-state index is -0.258. The third-order valence-corrected chi connectivity index (χ3v) is 5.80. The Bertz CT molecular complexity index is 1130. The number of benzene rings is 1. The molecule has 0 bridgehead atoms. The number of hydrogen-bond donors (Lipinski definition) is 2. The second kappa shape index (κ2) is 11.0. The molecule has 0 spiro atoms. The third-order valence-electron chi connectivity index (χ3n) is 5.80. The first kappa shape index (κ1) is 23.5. The van der Waals surface area contributed by atoms with Gasteiger partial charge in [-0.2, -0.15) is 0 Å². The molecule has 1 aliphatic heterocycles. The SMILES string of the molecule is COc1cc(C(=O)Nc2cc(COc3cccnc3N)ccn2)ccc1CN1CCN(C)CC1. The number of likely N-dealkylation sites (N-methyl/N-ethyl adjacent to an activating group) is 1. The summed E-state index contributed by atoms with van der Waals surface area (Å²) in [5.74, 6) is 1.72. The molecule has 1 amide bonds. The molecule has 0 unspecified atom stereocenters. The van der Waals surface area contributed by atoms with Crippen molar-refractivity contribution < 1.29 is 14.3 Å². The maximum atomic E-state index is 12.9. The summed E-state index contributed by atoms with van der Waals surface area (Å²) < 4.78 is 11.3. The molecular weight excluding hydrogens is 432 g/mol. The van der Waals surface area contributed by atoms with E-state index in [4.69, 9.17) is 15.2 Å². The normalized spacial score (nSPS) is 14.5. The smallest absolute Gasteiger partial charge is 0.256 e. The van der Waals surface area contributed by atoms with E-state index in [1.165, 1.54) is 0 Å². The molecule has 1 aliphatic rings. The van der Waals surface area contributed by atoms with E-state index < -0.39 is 0 Å². The maximum Gasteiger partial charge on any atom is 0.256 e. The number of anilines is 2. The molecule has 2 aromatic heterocycles. The minimum Gasteiger partial charge on any atom is -0.496 e. The molecule has 0 atom stereocenters. The van der Waals surface area contributed by atoms with Crippen LogP contribution in [0.2, 0.25) is 0 Å². The van der Waals surface area contributed by atoms with Crippen molar-refractivity contribution in [2.75, 3.05) is 51.4 Å². The van der Waals surface area contributed by atoms with Crippen LogP contribution in [0, 0.1) is 0 Å². The number of nitrogens with two attached hydrogens (primary N) is 1. The number of ether oxygens (including phenoxy) is 2. The van der Waals surface area contributed by atoms with Crippen LogP contribution in [-0.2, 0) is 13.2 Å². The van der Waals surface area contributed by atoms with Crippen LogP contribution in [0.5, 0.6) is 11.5 Å². The summed E-state index contributed by atoms with van der Waals surface area (Å²) in [6.07, 6.45) is 3.23. The molecule has 1 saturated heterocycles. The summed E-state index contributed by atoms with van der Waals surface area (Å²) >= 11 is 0. The number of piperazine rings is 1. The fourth-order valence-electron chi connectivity index (χ4n) is 3.77. The van der Waals surface area contributed by atoms with Gasteiger partial charge in [0.2, 0.25) is 0 Å². The predicted octanol–water partition coefficient (Wildman–Crippen LogP) is 2.65. The second-order valence-electron chi connectivity index (χ2n) is 8.28. The summed E-state index contributed by atoms with van der Waals surface area (Å²) in [5, 5.41) is 2.85. The lowest BCUT2D eigenvalue weighted by Gasteiger charge is -2.32. The van der Waals surface area contributed by atoms with E-state index in [0.717, 1.165) is 43.9 Å². The molecule has 1 fully saturated rings. The van der Waals surface area contributed by atoms with Crippen molar-refractivity contribution in [2.45, 2.75) is 13.2 Å². The van der Waals surface area contributed by atoms with Gasteiger partial charge in [0.25, 0.3) is 5.91 Å². The second-order valence-corrected chi connectivity index (χ2v) is 8.28. The Morgan fingerprint density at radius 1 is 1.06 bits per heavy atom. The number of nitrogens with one attached hydrogen (secondary N) is 1. The Labute approximate surface area is 199 Å². The molecule has 4 rings (SSSR count). The number of rotatable bonds is 8. The van der Waals surface area contributed by atoms with Crippen LogP contribution in [-0.4, -0.2) is 66.0 Å². The van der Waals surface area contributed by atoms with Crippen LogP contribution in [0.1, 0.15) is 21.5 Å². The number of hydrogen-bond acceptors (Lipinski definition) is 8. The van der Waals surface area contributed by atoms with Crippen molar-refractivity contribution in [3.05, 3.63) is 71.5 Å². The van der Waals surface area contributed by atoms with Gasteiger partial charge in [0.1, 0.15) is 18.2 Å². The molecule has 0 radical (unpaired) electrons. The number of nitrogen functional groups attached to an aromatic ring is 1. The van der Waals surface area contributed by atoms with Gasteiger partial charge in [-0.15, -0.1) is 0 Å². The van der Waals surface area contributed by atoms with Crippen LogP contribution in [0.25, 0.3) is 0 Å². The number of amides is 1. The zero-order valence-electron chi connectivity index (χ0n) is 19.5. The number of nitrogens with zero attached hydrogens (tertiary/aromatic N) is 4. The first-order valence-electron chi connectivity index (χ1n) is 11.2. The predicted molar refractivity (Wildman–Crippen MR) is 131 cm³/mol. The molecule has 3 aromatic rings. The molecule has 3 N–H and O–H groups in total. The lowest BCUT2D eigenvalue weighted by Crippen LogP contribution is -2.43. The van der Waals surface area contributed by atoms with Crippen molar-refractivity contribution in [2.24, 2.45) is 0 Å². The average molecular weight is 463 g/mol. The van der Waals surface area contributed by atoms with Crippen molar-refractivity contribution in [3.63, 3.8) is 0 Å². The van der Waals surface area contributed by atoms with Crippen molar-refractivity contribution >= 4 is 17.5 Å². The Morgan fingerprint density at radius 3 is 2.65 bits per heavy atom. The Kier molecular flexibility index (Phi) is 7.56. The van der Waals surface area contributed by atoms with E-state index in [0.29, 0.717) is 28.7 Å². The maximum absolute atomic E-state index is 12.9. The largest absolute Gasteiger partial charge is 0.496 e. The van der Waals surface area contributed by atoms with E-state index in [1.807, 2.05) is 18.2 Å². The number of aromatic nitrogens is 2. The number of carbonyl (C=O) groups excluding carboxylic acids is 1. The van der Waals surface area contributed by atoms with Crippen molar-refractivity contribution in [3.8, 4) is 11.5 Å². The quantitative estimate of drug-likeness (QED) is 0.526. The van der Waals surface area contributed by atoms with Crippen molar-refractivity contribution in [1.29, 1.82) is 0 Å². The van der Waals surface area contributed by atoms with Crippen LogP contribution >= 0.6 is 0 Å². The summed E-state index contributed by atoms with van der Waals surface area (Å²) in [5.41, 5.74) is 8.23. The highest BCUT2D eigenvalue weighted by Gasteiger charge is 2.17. The van der Waals surface area contributed by atoms with E-state index in [-0.39, 0.29) is 12.5 Å². The average Bonchev–Trinajstić information content (AvgIpc) is 2.85. The monoisotopic (exact) mass is 462 g/mol. The highest BCUT2D eigenvalue weighted by Crippen LogP contribution is 2.23. The van der Waals surface area contributed by atoms with Gasteiger partial charge in [-0.1, -0.05) is 6.07 Å². The Hall–Kier alpha value is -3.69. The number of methoxy groups -OCH3 is 1. The first-order valence-corrected chi connectivity index (χ1v) is 11.2. The molecule has 178 valence electrons. The van der Waals surface area contributed by atoms with Crippen LogP contribution in [0.4, 0.5) is 11.6 Å². The summed E-state index contributed by atoms with van der Waals surface area (Å²) in [6, 6.07) is 12.7. The summed E-state index contributed by atoms with van der Waals surface area (Å²) in [4.78, 5) is 25.9. The van der Waals surface area contributed by atoms with Gasteiger partial charge in [-0.05, 0) is 49.0 Å². The fourth-order valence-corrected chi connectivity index (χ4v) is 3.77. The van der Waals surface area contributed by atoms with Gasteiger partial charge in [-0.3, -0.25) is 9.69 Å². The fraction of sp³-hybridized carbons (Fsp3) is 0.320. The first-order chi connectivity index (χ1) is 16.5. The summed E-state index contributed by atoms with van der Waals surface area (Å²) in [6.45, 7) is 5.20. The molecule has 1 aromatic carbocycles. The van der Waals surface area contributed by atoms with Gasteiger partial charge in [0.05, 0.1) is 7.11 Å². The van der Waals surface area contributed by atoms with Gasteiger partial charge in [0.15, 0.2) is 11.6 Å². The molecule has 0 saturated carbocycles. The summed E-state index contributed by atoms with van der Waals surface area (Å²) in [7, 11) is 3.77. The van der Waals surface area contributed by atoms with Crippen molar-refractivity contribution in [1.82, 2.24) is 19.8 Å². The van der Waals surface area contributed by atoms with E-state index in [9.17, 15) is 4.79 Å². The zero-order chi connectivity index (χ0) is 23.9. The van der Waals surface area contributed by atoms with Crippen LogP contribution in [0.3, 0.4) is 0 Å². The van der Waals surface area contributed by atoms with Crippen LogP contribution < -0.4 is 20.5 Å². The molecule has 0 aliphatic carbocycles. The molecule has 34 heavy (non-hydrogen) atoms. The molecular formula is C25H30N6O3. The third kappa shape index (κ3) is 6.00. The van der Waals surface area contributed by atoms with Gasteiger partial charge >= 0.3 is 0 Å². The van der Waals surface area contributed by atoms with Gasteiger partial charge in [0, 0.05) is 56.2 Å². The minimum absolute atomic E-state index is 0.258. The van der Waals surface area contributed by atoms with E-state index in [1.54, 1.807) is 43.8 Å². The standard InChI is InChI=1S/C25H30N6O3/c1-30-10-12-31(13-11-30)16-20-6-5-19(15-22(20)33-2)25(32)29-23-14-18(7-9-27-23)17-34-21-4-3-8-28-24(21)26/h3-9,14-15H,10-13,16-17H2,1-2H3,(H2,26,28)(H,27,29,32). The molecule has 9 heteroatoms. The Balaban J connectivity index is 1.39. The lowest BCUT2D eigenvalue weighted by atomic mass is 10.1. The Morgan fingerprint density at radius 2 is 1.88 bits per heavy atom. The topological polar surface area (TPSA) is 106 Å². The van der Waals surface area contributed by atoms with E-state index in [2.05, 4.69) is 32.1 Å². The zero-order valence-corrected chi connectivity index (χ0v) is 19.5. The molecule has 9 nitrogen and oxygen atoms in total.